The van der Waals surface area contributed by atoms with Gasteiger partial charge >= 0.3 is 17.8 Å². The lowest BCUT2D eigenvalue weighted by Crippen LogP contribution is -2.48. The summed E-state index contributed by atoms with van der Waals surface area (Å²) in [7, 11) is 0. The molecule has 10 aromatic rings. The summed E-state index contributed by atoms with van der Waals surface area (Å²) >= 11 is 1.97. The van der Waals surface area contributed by atoms with Crippen LogP contribution in [0.4, 0.5) is 26.3 Å². The van der Waals surface area contributed by atoms with E-state index in [0.29, 0.717) is 75.4 Å². The van der Waals surface area contributed by atoms with E-state index in [0.717, 1.165) is 22.7 Å². The molecule has 0 atom stereocenters. The van der Waals surface area contributed by atoms with Crippen LogP contribution in [-0.4, -0.2) is 57.6 Å². The predicted molar refractivity (Wildman–Crippen MR) is 211 cm³/mol. The van der Waals surface area contributed by atoms with Crippen molar-refractivity contribution < 1.29 is 26.3 Å². The number of nitrogens with one attached hydrogen (secondary N) is 2. The SMILES string of the molecule is Cc1sc(-c2nc3c4cccnc4c4ncccc4c3[nH]2)cc1C1=C(c2cc(-c3nc4c5cccnc5c5ncccc5c4[nH]3)sc2C)C(F)(F)C(F)(F)C1(F)F. The Labute approximate surface area is 324 Å². The maximum absolute atomic E-state index is 16.2. The van der Waals surface area contributed by atoms with Crippen LogP contribution < -0.4 is 0 Å². The Kier molecular flexibility index (Phi) is 6.81. The third-order valence-electron chi connectivity index (χ3n) is 10.6. The Hall–Kier alpha value is -6.26. The molecule has 0 unspecified atom stereocenters. The summed E-state index contributed by atoms with van der Waals surface area (Å²) in [5.41, 5.74) is 1.03. The Balaban J connectivity index is 1.10. The number of imidazole rings is 2. The third kappa shape index (κ3) is 4.44. The van der Waals surface area contributed by atoms with Crippen LogP contribution in [-0.2, 0) is 0 Å². The number of aryl methyl sites for hydroxylation is 2. The first kappa shape index (κ1) is 34.0. The molecule has 16 heteroatoms. The molecule has 8 heterocycles. The summed E-state index contributed by atoms with van der Waals surface area (Å²) in [5, 5.41) is 2.79. The molecule has 2 aromatic carbocycles. The largest absolute Gasteiger partial charge is 0.380 e. The Morgan fingerprint density at radius 2 is 0.842 bits per heavy atom. The molecule has 0 spiro atoms. The van der Waals surface area contributed by atoms with Gasteiger partial charge in [0.15, 0.2) is 0 Å². The van der Waals surface area contributed by atoms with E-state index in [9.17, 15) is 0 Å². The molecule has 11 rings (SSSR count). The average molecular weight is 805 g/mol. The minimum Gasteiger partial charge on any atom is -0.337 e. The van der Waals surface area contributed by atoms with E-state index in [4.69, 9.17) is 9.97 Å². The van der Waals surface area contributed by atoms with Gasteiger partial charge in [0.1, 0.15) is 11.6 Å². The number of nitrogens with zero attached hydrogens (tertiary/aromatic N) is 6. The number of benzene rings is 2. The lowest BCUT2D eigenvalue weighted by Gasteiger charge is -2.25. The van der Waals surface area contributed by atoms with Crippen molar-refractivity contribution in [1.29, 1.82) is 0 Å². The summed E-state index contributed by atoms with van der Waals surface area (Å²) in [6.45, 7) is 2.89. The van der Waals surface area contributed by atoms with E-state index < -0.39 is 40.0 Å². The Morgan fingerprint density at radius 3 is 1.23 bits per heavy atom. The molecule has 0 bridgehead atoms. The van der Waals surface area contributed by atoms with Crippen molar-refractivity contribution in [2.75, 3.05) is 0 Å². The van der Waals surface area contributed by atoms with Gasteiger partial charge in [-0.3, -0.25) is 19.9 Å². The van der Waals surface area contributed by atoms with Crippen LogP contribution in [0.1, 0.15) is 20.9 Å². The third-order valence-corrected chi connectivity index (χ3v) is 12.8. The second-order valence-corrected chi connectivity index (χ2v) is 16.4. The number of pyridine rings is 4. The zero-order valence-corrected chi connectivity index (χ0v) is 31.0. The first-order valence-corrected chi connectivity index (χ1v) is 19.1. The second kappa shape index (κ2) is 11.4. The van der Waals surface area contributed by atoms with Crippen molar-refractivity contribution in [2.45, 2.75) is 31.6 Å². The number of halogens is 6. The zero-order valence-electron chi connectivity index (χ0n) is 29.4. The van der Waals surface area contributed by atoms with Crippen molar-refractivity contribution in [2.24, 2.45) is 0 Å². The lowest BCUT2D eigenvalue weighted by molar-refractivity contribution is -0.254. The smallest absolute Gasteiger partial charge is 0.337 e. The predicted octanol–water partition coefficient (Wildman–Crippen LogP) is 11.5. The molecule has 280 valence electrons. The summed E-state index contributed by atoms with van der Waals surface area (Å²) in [6.07, 6.45) is 6.55. The highest BCUT2D eigenvalue weighted by atomic mass is 32.1. The minimum atomic E-state index is -5.73. The van der Waals surface area contributed by atoms with Crippen molar-refractivity contribution in [3.8, 4) is 21.4 Å². The summed E-state index contributed by atoms with van der Waals surface area (Å²) in [5.74, 6) is -15.7. The number of H-pyrrole nitrogens is 2. The monoisotopic (exact) mass is 804 g/mol. The lowest BCUT2D eigenvalue weighted by atomic mass is 9.95. The molecular formula is C41H22F6N8S2. The van der Waals surface area contributed by atoms with Crippen LogP contribution in [0.3, 0.4) is 0 Å². The van der Waals surface area contributed by atoms with Gasteiger partial charge in [-0.2, -0.15) is 26.3 Å². The average Bonchev–Trinajstić information content (AvgIpc) is 4.03. The van der Waals surface area contributed by atoms with Crippen molar-refractivity contribution in [3.63, 3.8) is 0 Å². The molecule has 57 heavy (non-hydrogen) atoms. The molecule has 0 saturated heterocycles. The van der Waals surface area contributed by atoms with Gasteiger partial charge in [-0.1, -0.05) is 0 Å². The van der Waals surface area contributed by atoms with Gasteiger partial charge in [-0.15, -0.1) is 22.7 Å². The summed E-state index contributed by atoms with van der Waals surface area (Å²) in [4.78, 5) is 35.0. The van der Waals surface area contributed by atoms with Crippen LogP contribution in [0, 0.1) is 13.8 Å². The number of aromatic nitrogens is 8. The Bertz CT molecular complexity index is 3030. The fourth-order valence-corrected chi connectivity index (χ4v) is 9.99. The number of hydrogen-bond donors (Lipinski definition) is 2. The van der Waals surface area contributed by atoms with Crippen molar-refractivity contribution in [3.05, 3.63) is 106 Å². The topological polar surface area (TPSA) is 109 Å². The summed E-state index contributed by atoms with van der Waals surface area (Å²) < 4.78 is 95.8. The van der Waals surface area contributed by atoms with Crippen LogP contribution in [0.2, 0.25) is 0 Å². The first-order valence-electron chi connectivity index (χ1n) is 17.5. The number of rotatable bonds is 4. The molecule has 0 amide bonds. The van der Waals surface area contributed by atoms with E-state index in [1.54, 1.807) is 49.1 Å². The Morgan fingerprint density at radius 1 is 0.491 bits per heavy atom. The highest BCUT2D eigenvalue weighted by Crippen LogP contribution is 2.66. The quantitative estimate of drug-likeness (QED) is 0.135. The van der Waals surface area contributed by atoms with Gasteiger partial charge in [0.2, 0.25) is 0 Å². The maximum Gasteiger partial charge on any atom is 0.380 e. The molecule has 1 aliphatic carbocycles. The van der Waals surface area contributed by atoms with Gasteiger partial charge < -0.3 is 9.97 Å². The van der Waals surface area contributed by atoms with Gasteiger partial charge in [-0.25, -0.2) is 9.97 Å². The summed E-state index contributed by atoms with van der Waals surface area (Å²) in [6, 6.07) is 16.8. The van der Waals surface area contributed by atoms with Gasteiger partial charge in [0.25, 0.3) is 0 Å². The maximum atomic E-state index is 16.2. The number of hydrogen-bond acceptors (Lipinski definition) is 8. The molecule has 0 fully saturated rings. The van der Waals surface area contributed by atoms with Gasteiger partial charge in [0.05, 0.1) is 53.9 Å². The number of alkyl halides is 6. The molecule has 8 nitrogen and oxygen atoms in total. The molecule has 0 aliphatic heterocycles. The van der Waals surface area contributed by atoms with Crippen LogP contribution >= 0.6 is 22.7 Å². The van der Waals surface area contributed by atoms with E-state index in [2.05, 4.69) is 29.9 Å². The fourth-order valence-electron chi connectivity index (χ4n) is 8.05. The van der Waals surface area contributed by atoms with E-state index in [1.165, 1.54) is 26.0 Å². The first-order chi connectivity index (χ1) is 27.4. The standard InChI is InChI=1S/C41H22F6N8S2/c1-17-23(15-25(56-17)37-52-33-19-7-3-11-48-29(19)30-20(34(33)53-37)8-4-12-49-30)27-28(40(44,45)41(46,47)39(27,42)43)24-16-26(57-18(24)2)38-54-35-21-9-5-13-50-31(21)32-22(36(35)55-38)10-6-14-51-32/h3-16H,1-2H3,(H,52,53)(H,54,55). The molecule has 0 radical (unpaired) electrons. The van der Waals surface area contributed by atoms with Crippen molar-refractivity contribution in [1.82, 2.24) is 39.9 Å². The normalized spacial score (nSPS) is 16.4. The zero-order chi connectivity index (χ0) is 39.2. The van der Waals surface area contributed by atoms with Crippen LogP contribution in [0.25, 0.3) is 98.2 Å². The molecule has 2 N–H and O–H groups in total. The fraction of sp³-hybridized carbons (Fsp3) is 0.122. The number of allylic oxidation sites excluding steroid dienone is 2. The molecular weight excluding hydrogens is 783 g/mol. The van der Waals surface area contributed by atoms with E-state index in [-0.39, 0.29) is 21.4 Å². The van der Waals surface area contributed by atoms with Crippen LogP contribution in [0.15, 0.2) is 85.5 Å². The molecule has 8 aromatic heterocycles. The van der Waals surface area contributed by atoms with Crippen molar-refractivity contribution >= 4 is 99.5 Å². The second-order valence-electron chi connectivity index (χ2n) is 13.9. The van der Waals surface area contributed by atoms with E-state index >= 15 is 26.3 Å². The molecule has 1 aliphatic rings. The van der Waals surface area contributed by atoms with E-state index in [1.807, 2.05) is 24.3 Å². The highest BCUT2D eigenvalue weighted by Gasteiger charge is 2.80. The highest BCUT2D eigenvalue weighted by molar-refractivity contribution is 7.16. The van der Waals surface area contributed by atoms with Gasteiger partial charge in [0, 0.05) is 67.2 Å². The van der Waals surface area contributed by atoms with Crippen LogP contribution in [0.5, 0.6) is 0 Å². The number of aromatic amines is 2. The van der Waals surface area contributed by atoms with Gasteiger partial charge in [-0.05, 0) is 85.6 Å². The number of thiophene rings is 2. The minimum absolute atomic E-state index is 0.135. The number of fused-ring (bicyclic) bond motifs is 12. The molecule has 0 saturated carbocycles.